The van der Waals surface area contributed by atoms with Crippen molar-refractivity contribution in [2.24, 2.45) is 5.41 Å². The number of fused-ring (bicyclic) bond motifs is 1. The van der Waals surface area contributed by atoms with E-state index in [1.165, 1.54) is 12.8 Å². The molecule has 1 saturated carbocycles. The van der Waals surface area contributed by atoms with Gasteiger partial charge in [-0.05, 0) is 35.8 Å². The number of rotatable bonds is 6. The SMILES string of the molecule is COCCC1(CNC(=O)NC2c3ccccc3CC2O)CCCC1. The van der Waals surface area contributed by atoms with Crippen molar-refractivity contribution < 1.29 is 14.6 Å². The molecule has 2 atom stereocenters. The number of methoxy groups -OCH3 is 1. The second-order valence-electron chi connectivity index (χ2n) is 7.22. The Hall–Kier alpha value is -1.59. The van der Waals surface area contributed by atoms with Gasteiger partial charge in [-0.15, -0.1) is 0 Å². The van der Waals surface area contributed by atoms with Crippen molar-refractivity contribution in [2.45, 2.75) is 50.7 Å². The van der Waals surface area contributed by atoms with E-state index in [0.29, 0.717) is 13.0 Å². The summed E-state index contributed by atoms with van der Waals surface area (Å²) in [6.45, 7) is 1.41. The van der Waals surface area contributed by atoms with Crippen molar-refractivity contribution in [1.82, 2.24) is 10.6 Å². The zero-order valence-electron chi connectivity index (χ0n) is 14.4. The smallest absolute Gasteiger partial charge is 0.315 e. The topological polar surface area (TPSA) is 70.6 Å². The molecule has 0 aromatic heterocycles. The number of carbonyl (C=O) groups is 1. The molecule has 132 valence electrons. The number of hydrogen-bond acceptors (Lipinski definition) is 3. The van der Waals surface area contributed by atoms with Crippen molar-refractivity contribution in [3.8, 4) is 0 Å². The van der Waals surface area contributed by atoms with Gasteiger partial charge in [-0.1, -0.05) is 37.1 Å². The summed E-state index contributed by atoms with van der Waals surface area (Å²) in [6.07, 6.45) is 5.76. The molecule has 3 rings (SSSR count). The summed E-state index contributed by atoms with van der Waals surface area (Å²) in [5.41, 5.74) is 2.30. The molecule has 24 heavy (non-hydrogen) atoms. The average Bonchev–Trinajstić information content (AvgIpc) is 3.17. The molecule has 1 fully saturated rings. The molecule has 5 nitrogen and oxygen atoms in total. The number of ether oxygens (including phenoxy) is 1. The first-order valence-corrected chi connectivity index (χ1v) is 8.93. The van der Waals surface area contributed by atoms with E-state index in [-0.39, 0.29) is 17.5 Å². The number of carbonyl (C=O) groups excluding carboxylic acids is 1. The summed E-state index contributed by atoms with van der Waals surface area (Å²) >= 11 is 0. The van der Waals surface area contributed by atoms with Gasteiger partial charge in [-0.25, -0.2) is 4.79 Å². The van der Waals surface area contributed by atoms with Gasteiger partial charge in [0.25, 0.3) is 0 Å². The van der Waals surface area contributed by atoms with Gasteiger partial charge in [0.05, 0.1) is 12.1 Å². The van der Waals surface area contributed by atoms with Crippen LogP contribution in [0.2, 0.25) is 0 Å². The van der Waals surface area contributed by atoms with Crippen LogP contribution in [0.1, 0.15) is 49.3 Å². The summed E-state index contributed by atoms with van der Waals surface area (Å²) in [6, 6.07) is 7.39. The quantitative estimate of drug-likeness (QED) is 0.750. The standard InChI is InChI=1S/C19H28N2O3/c1-24-11-10-19(8-4-5-9-19)13-20-18(23)21-17-15-7-3-2-6-14(15)12-16(17)22/h2-3,6-7,16-17,22H,4-5,8-13H2,1H3,(H2,20,21,23). The Bertz CT molecular complexity index is 569. The van der Waals surface area contributed by atoms with E-state index >= 15 is 0 Å². The lowest BCUT2D eigenvalue weighted by Gasteiger charge is -2.29. The Kier molecular flexibility index (Phi) is 5.41. The maximum absolute atomic E-state index is 12.4. The highest BCUT2D eigenvalue weighted by molar-refractivity contribution is 5.74. The monoisotopic (exact) mass is 332 g/mol. The minimum Gasteiger partial charge on any atom is -0.390 e. The fourth-order valence-electron chi connectivity index (χ4n) is 4.17. The molecule has 2 aliphatic carbocycles. The molecule has 3 N–H and O–H groups in total. The van der Waals surface area contributed by atoms with E-state index in [1.54, 1.807) is 7.11 Å². The van der Waals surface area contributed by atoms with Gasteiger partial charge in [0.15, 0.2) is 0 Å². The van der Waals surface area contributed by atoms with Gasteiger partial charge in [0.1, 0.15) is 0 Å². The molecular formula is C19H28N2O3. The largest absolute Gasteiger partial charge is 0.390 e. The third-order valence-corrected chi connectivity index (χ3v) is 5.62. The van der Waals surface area contributed by atoms with Crippen molar-refractivity contribution in [3.63, 3.8) is 0 Å². The maximum Gasteiger partial charge on any atom is 0.315 e. The van der Waals surface area contributed by atoms with Gasteiger partial charge < -0.3 is 20.5 Å². The predicted molar refractivity (Wildman–Crippen MR) is 92.8 cm³/mol. The number of benzene rings is 1. The van der Waals surface area contributed by atoms with E-state index in [0.717, 1.165) is 37.0 Å². The van der Waals surface area contributed by atoms with Crippen LogP contribution in [-0.4, -0.2) is 37.5 Å². The molecule has 2 amide bonds. The van der Waals surface area contributed by atoms with Gasteiger partial charge in [0.2, 0.25) is 0 Å². The third kappa shape index (κ3) is 3.73. The summed E-state index contributed by atoms with van der Waals surface area (Å²) in [5, 5.41) is 16.2. The zero-order valence-corrected chi connectivity index (χ0v) is 14.4. The maximum atomic E-state index is 12.4. The lowest BCUT2D eigenvalue weighted by molar-refractivity contribution is 0.131. The Balaban J connectivity index is 1.56. The summed E-state index contributed by atoms with van der Waals surface area (Å²) < 4.78 is 5.23. The third-order valence-electron chi connectivity index (χ3n) is 5.62. The molecule has 5 heteroatoms. The van der Waals surface area contributed by atoms with Crippen molar-refractivity contribution >= 4 is 6.03 Å². The Morgan fingerprint density at radius 2 is 2.08 bits per heavy atom. The second kappa shape index (κ2) is 7.53. The van der Waals surface area contributed by atoms with Gasteiger partial charge in [0, 0.05) is 26.7 Å². The molecule has 0 bridgehead atoms. The van der Waals surface area contributed by atoms with Crippen LogP contribution in [0.3, 0.4) is 0 Å². The van der Waals surface area contributed by atoms with E-state index in [1.807, 2.05) is 24.3 Å². The van der Waals surface area contributed by atoms with E-state index in [9.17, 15) is 9.90 Å². The van der Waals surface area contributed by atoms with Crippen LogP contribution in [-0.2, 0) is 11.2 Å². The van der Waals surface area contributed by atoms with Crippen LogP contribution in [0, 0.1) is 5.41 Å². The highest BCUT2D eigenvalue weighted by atomic mass is 16.5. The Morgan fingerprint density at radius 1 is 1.33 bits per heavy atom. The fourth-order valence-corrected chi connectivity index (χ4v) is 4.17. The molecule has 2 unspecified atom stereocenters. The molecule has 2 aliphatic rings. The first kappa shape index (κ1) is 17.2. The number of aliphatic hydroxyl groups is 1. The van der Waals surface area contributed by atoms with Crippen molar-refractivity contribution in [3.05, 3.63) is 35.4 Å². The summed E-state index contributed by atoms with van der Waals surface area (Å²) in [5.74, 6) is 0. The molecular weight excluding hydrogens is 304 g/mol. The highest BCUT2D eigenvalue weighted by Crippen LogP contribution is 2.40. The van der Waals surface area contributed by atoms with Gasteiger partial charge in [-0.3, -0.25) is 0 Å². The number of aliphatic hydroxyl groups excluding tert-OH is 1. The van der Waals surface area contributed by atoms with Crippen LogP contribution in [0.4, 0.5) is 4.79 Å². The lowest BCUT2D eigenvalue weighted by atomic mass is 9.83. The molecule has 0 aliphatic heterocycles. The number of nitrogens with one attached hydrogen (secondary N) is 2. The van der Waals surface area contributed by atoms with E-state index in [4.69, 9.17) is 4.74 Å². The molecule has 0 spiro atoms. The zero-order chi connectivity index (χ0) is 17.0. The average molecular weight is 332 g/mol. The van der Waals surface area contributed by atoms with Crippen LogP contribution < -0.4 is 10.6 Å². The minimum atomic E-state index is -0.554. The van der Waals surface area contributed by atoms with Crippen LogP contribution in [0.5, 0.6) is 0 Å². The van der Waals surface area contributed by atoms with Crippen LogP contribution in [0.25, 0.3) is 0 Å². The summed E-state index contributed by atoms with van der Waals surface area (Å²) in [7, 11) is 1.72. The predicted octanol–water partition coefficient (Wildman–Crippen LogP) is 2.54. The summed E-state index contributed by atoms with van der Waals surface area (Å²) in [4.78, 5) is 12.4. The Labute approximate surface area is 143 Å². The van der Waals surface area contributed by atoms with Crippen LogP contribution in [0.15, 0.2) is 24.3 Å². The molecule has 0 radical (unpaired) electrons. The normalized spacial score (nSPS) is 24.6. The van der Waals surface area contributed by atoms with Crippen molar-refractivity contribution in [2.75, 3.05) is 20.3 Å². The Morgan fingerprint density at radius 3 is 2.83 bits per heavy atom. The fraction of sp³-hybridized carbons (Fsp3) is 0.632. The van der Waals surface area contributed by atoms with Gasteiger partial charge >= 0.3 is 6.03 Å². The minimum absolute atomic E-state index is 0.166. The molecule has 0 heterocycles. The van der Waals surface area contributed by atoms with E-state index < -0.39 is 6.10 Å². The highest BCUT2D eigenvalue weighted by Gasteiger charge is 2.35. The first-order chi connectivity index (χ1) is 11.6. The van der Waals surface area contributed by atoms with Crippen LogP contribution >= 0.6 is 0 Å². The van der Waals surface area contributed by atoms with Crippen molar-refractivity contribution in [1.29, 1.82) is 0 Å². The lowest BCUT2D eigenvalue weighted by Crippen LogP contribution is -2.45. The molecule has 0 saturated heterocycles. The van der Waals surface area contributed by atoms with Gasteiger partial charge in [-0.2, -0.15) is 0 Å². The number of urea groups is 1. The molecule has 1 aromatic carbocycles. The first-order valence-electron chi connectivity index (χ1n) is 8.93. The number of hydrogen-bond donors (Lipinski definition) is 3. The van der Waals surface area contributed by atoms with E-state index in [2.05, 4.69) is 10.6 Å². The molecule has 1 aromatic rings. The second-order valence-corrected chi connectivity index (χ2v) is 7.22. The number of amides is 2.